The second kappa shape index (κ2) is 3.89. The van der Waals surface area contributed by atoms with E-state index in [0.717, 1.165) is 28.8 Å². The van der Waals surface area contributed by atoms with Crippen LogP contribution >= 0.6 is 15.9 Å². The fourth-order valence-corrected chi connectivity index (χ4v) is 3.33. The summed E-state index contributed by atoms with van der Waals surface area (Å²) in [4.78, 5) is 0. The molecule has 17 heavy (non-hydrogen) atoms. The molecule has 0 bridgehead atoms. The lowest BCUT2D eigenvalue weighted by Crippen LogP contribution is -2.33. The SMILES string of the molecule is CC(N)C1(c2c(Br)ccc3c2OCCO3)CC1. The van der Waals surface area contributed by atoms with Gasteiger partial charge in [-0.05, 0) is 31.9 Å². The van der Waals surface area contributed by atoms with E-state index >= 15 is 0 Å². The van der Waals surface area contributed by atoms with E-state index in [9.17, 15) is 0 Å². The van der Waals surface area contributed by atoms with Crippen LogP contribution in [0.5, 0.6) is 11.5 Å². The molecule has 0 radical (unpaired) electrons. The van der Waals surface area contributed by atoms with E-state index < -0.39 is 0 Å². The molecule has 1 atom stereocenters. The lowest BCUT2D eigenvalue weighted by molar-refractivity contribution is 0.168. The molecule has 0 spiro atoms. The Bertz CT molecular complexity index is 455. The molecule has 3 nitrogen and oxygen atoms in total. The van der Waals surface area contributed by atoms with E-state index in [-0.39, 0.29) is 11.5 Å². The van der Waals surface area contributed by atoms with E-state index in [0.29, 0.717) is 13.2 Å². The molecule has 1 aromatic rings. The third-order valence-corrected chi connectivity index (χ3v) is 4.48. The van der Waals surface area contributed by atoms with Gasteiger partial charge in [0.25, 0.3) is 0 Å². The molecule has 0 amide bonds. The maximum Gasteiger partial charge on any atom is 0.166 e. The van der Waals surface area contributed by atoms with Crippen LogP contribution in [0, 0.1) is 0 Å². The van der Waals surface area contributed by atoms with Gasteiger partial charge in [-0.2, -0.15) is 0 Å². The zero-order valence-corrected chi connectivity index (χ0v) is 11.4. The third kappa shape index (κ3) is 1.66. The standard InChI is InChI=1S/C13H16BrNO2/c1-8(15)13(4-5-13)11-9(14)2-3-10-12(11)17-7-6-16-10/h2-3,8H,4-7,15H2,1H3. The Kier molecular flexibility index (Phi) is 2.60. The van der Waals surface area contributed by atoms with Crippen molar-refractivity contribution in [2.75, 3.05) is 13.2 Å². The summed E-state index contributed by atoms with van der Waals surface area (Å²) in [6.45, 7) is 3.31. The molecule has 1 unspecified atom stereocenters. The van der Waals surface area contributed by atoms with Crippen molar-refractivity contribution in [1.29, 1.82) is 0 Å². The second-order valence-corrected chi connectivity index (χ2v) is 5.75. The highest BCUT2D eigenvalue weighted by molar-refractivity contribution is 9.10. The Morgan fingerprint density at radius 3 is 2.65 bits per heavy atom. The van der Waals surface area contributed by atoms with Crippen molar-refractivity contribution in [3.05, 3.63) is 22.2 Å². The van der Waals surface area contributed by atoms with Gasteiger partial charge in [-0.25, -0.2) is 0 Å². The van der Waals surface area contributed by atoms with E-state index in [4.69, 9.17) is 15.2 Å². The summed E-state index contributed by atoms with van der Waals surface area (Å²) < 4.78 is 12.5. The van der Waals surface area contributed by atoms with E-state index in [1.54, 1.807) is 0 Å². The van der Waals surface area contributed by atoms with E-state index in [1.165, 1.54) is 5.56 Å². The smallest absolute Gasteiger partial charge is 0.166 e. The summed E-state index contributed by atoms with van der Waals surface area (Å²) in [6.07, 6.45) is 2.26. The molecule has 0 saturated heterocycles. The number of hydrogen-bond acceptors (Lipinski definition) is 3. The topological polar surface area (TPSA) is 44.5 Å². The Hall–Kier alpha value is -0.740. The van der Waals surface area contributed by atoms with Crippen LogP contribution in [-0.2, 0) is 5.41 Å². The molecule has 92 valence electrons. The second-order valence-electron chi connectivity index (χ2n) is 4.89. The fraction of sp³-hybridized carbons (Fsp3) is 0.538. The van der Waals surface area contributed by atoms with Crippen LogP contribution in [0.15, 0.2) is 16.6 Å². The zero-order chi connectivity index (χ0) is 12.0. The minimum Gasteiger partial charge on any atom is -0.486 e. The van der Waals surface area contributed by atoms with Gasteiger partial charge in [0, 0.05) is 21.5 Å². The predicted octanol–water partition coefficient (Wildman–Crippen LogP) is 2.60. The van der Waals surface area contributed by atoms with Crippen molar-refractivity contribution in [2.24, 2.45) is 5.73 Å². The van der Waals surface area contributed by atoms with Crippen LogP contribution in [0.1, 0.15) is 25.3 Å². The highest BCUT2D eigenvalue weighted by Gasteiger charge is 2.51. The van der Waals surface area contributed by atoms with Gasteiger partial charge in [0.15, 0.2) is 11.5 Å². The predicted molar refractivity (Wildman–Crippen MR) is 69.7 cm³/mol. The van der Waals surface area contributed by atoms with Crippen LogP contribution in [0.25, 0.3) is 0 Å². The normalized spacial score (nSPS) is 22.1. The maximum atomic E-state index is 6.15. The number of fused-ring (bicyclic) bond motifs is 1. The third-order valence-electron chi connectivity index (χ3n) is 3.82. The first-order valence-corrected chi connectivity index (χ1v) is 6.78. The lowest BCUT2D eigenvalue weighted by atomic mass is 9.88. The highest BCUT2D eigenvalue weighted by Crippen LogP contribution is 2.57. The molecule has 1 saturated carbocycles. The van der Waals surface area contributed by atoms with E-state index in [1.807, 2.05) is 12.1 Å². The number of halogens is 1. The number of hydrogen-bond donors (Lipinski definition) is 1. The van der Waals surface area contributed by atoms with Crippen molar-refractivity contribution in [1.82, 2.24) is 0 Å². The first kappa shape index (κ1) is 11.4. The Morgan fingerprint density at radius 2 is 2.00 bits per heavy atom. The number of benzene rings is 1. The van der Waals surface area contributed by atoms with Gasteiger partial charge in [-0.3, -0.25) is 0 Å². The zero-order valence-electron chi connectivity index (χ0n) is 9.83. The van der Waals surface area contributed by atoms with Gasteiger partial charge in [0.05, 0.1) is 0 Å². The minimum atomic E-state index is 0.0743. The summed E-state index contributed by atoms with van der Waals surface area (Å²) in [7, 11) is 0. The van der Waals surface area contributed by atoms with Gasteiger partial charge in [-0.1, -0.05) is 15.9 Å². The highest BCUT2D eigenvalue weighted by atomic mass is 79.9. The van der Waals surface area contributed by atoms with Crippen molar-refractivity contribution in [3.63, 3.8) is 0 Å². The molecule has 1 aromatic carbocycles. The van der Waals surface area contributed by atoms with Crippen molar-refractivity contribution in [2.45, 2.75) is 31.2 Å². The molecular formula is C13H16BrNO2. The molecule has 1 aliphatic heterocycles. The monoisotopic (exact) mass is 297 g/mol. The molecule has 4 heteroatoms. The maximum absolute atomic E-state index is 6.15. The fourth-order valence-electron chi connectivity index (χ4n) is 2.62. The largest absolute Gasteiger partial charge is 0.486 e. The summed E-state index contributed by atoms with van der Waals surface area (Å²) in [5.74, 6) is 1.74. The van der Waals surface area contributed by atoms with Crippen molar-refractivity contribution < 1.29 is 9.47 Å². The first-order valence-electron chi connectivity index (χ1n) is 5.99. The molecule has 3 rings (SSSR count). The first-order chi connectivity index (χ1) is 8.15. The van der Waals surface area contributed by atoms with Crippen molar-refractivity contribution >= 4 is 15.9 Å². The van der Waals surface area contributed by atoms with Crippen LogP contribution < -0.4 is 15.2 Å². The summed E-state index contributed by atoms with van der Waals surface area (Å²) in [5.41, 5.74) is 7.42. The molecule has 0 aromatic heterocycles. The average molecular weight is 298 g/mol. The molecule has 1 heterocycles. The van der Waals surface area contributed by atoms with Gasteiger partial charge < -0.3 is 15.2 Å². The Labute approximate surface area is 109 Å². The molecule has 1 fully saturated rings. The summed E-state index contributed by atoms with van der Waals surface area (Å²) in [5, 5.41) is 0. The average Bonchev–Trinajstić information content (AvgIpc) is 3.10. The lowest BCUT2D eigenvalue weighted by Gasteiger charge is -2.28. The molecule has 2 N–H and O–H groups in total. The van der Waals surface area contributed by atoms with Crippen LogP contribution in [0.4, 0.5) is 0 Å². The van der Waals surface area contributed by atoms with Gasteiger partial charge >= 0.3 is 0 Å². The Balaban J connectivity index is 2.15. The Morgan fingerprint density at radius 1 is 1.29 bits per heavy atom. The van der Waals surface area contributed by atoms with Gasteiger partial charge in [0.1, 0.15) is 13.2 Å². The minimum absolute atomic E-state index is 0.0743. The number of rotatable bonds is 2. The summed E-state index contributed by atoms with van der Waals surface area (Å²) >= 11 is 3.63. The van der Waals surface area contributed by atoms with Gasteiger partial charge in [-0.15, -0.1) is 0 Å². The van der Waals surface area contributed by atoms with Crippen LogP contribution in [0.3, 0.4) is 0 Å². The quantitative estimate of drug-likeness (QED) is 0.912. The molecular weight excluding hydrogens is 282 g/mol. The van der Waals surface area contributed by atoms with Crippen LogP contribution in [0.2, 0.25) is 0 Å². The number of nitrogens with two attached hydrogens (primary N) is 1. The molecule has 2 aliphatic rings. The molecule has 1 aliphatic carbocycles. The van der Waals surface area contributed by atoms with Crippen LogP contribution in [-0.4, -0.2) is 19.3 Å². The summed E-state index contributed by atoms with van der Waals surface area (Å²) in [6, 6.07) is 4.13. The van der Waals surface area contributed by atoms with Crippen molar-refractivity contribution in [3.8, 4) is 11.5 Å². The number of ether oxygens (including phenoxy) is 2. The van der Waals surface area contributed by atoms with E-state index in [2.05, 4.69) is 22.9 Å². The van der Waals surface area contributed by atoms with Gasteiger partial charge in [0.2, 0.25) is 0 Å².